The Kier molecular flexibility index (Phi) is 6.31. The number of nitrogens with zero attached hydrogens (tertiary/aromatic N) is 1. The first-order chi connectivity index (χ1) is 9.40. The number of rotatable bonds is 6. The van der Waals surface area contributed by atoms with Gasteiger partial charge in [-0.15, -0.1) is 11.6 Å². The van der Waals surface area contributed by atoms with Crippen molar-refractivity contribution >= 4 is 55.0 Å². The van der Waals surface area contributed by atoms with E-state index in [0.29, 0.717) is 10.2 Å². The number of carboxylic acids is 1. The van der Waals surface area contributed by atoms with E-state index in [1.807, 2.05) is 0 Å². The molecule has 0 aliphatic carbocycles. The summed E-state index contributed by atoms with van der Waals surface area (Å²) in [5.74, 6) is -0.961. The highest BCUT2D eigenvalue weighted by Crippen LogP contribution is 2.35. The summed E-state index contributed by atoms with van der Waals surface area (Å²) in [5.41, 5.74) is 1.13. The highest BCUT2D eigenvalue weighted by molar-refractivity contribution is 9.10. The number of alkyl halides is 1. The van der Waals surface area contributed by atoms with Gasteiger partial charge < -0.3 is 14.7 Å². The molecule has 110 valence electrons. The van der Waals surface area contributed by atoms with Crippen LogP contribution < -0.4 is 9.64 Å². The van der Waals surface area contributed by atoms with Crippen molar-refractivity contribution in [3.8, 4) is 5.75 Å². The normalized spacial score (nSPS) is 9.95. The number of halogens is 2. The molecule has 1 N–H and O–H groups in total. The number of aromatic carboxylic acids is 1. The smallest absolute Gasteiger partial charge is 0.339 e. The molecule has 1 aromatic carbocycles. The Hall–Kier alpha value is -1.25. The van der Waals surface area contributed by atoms with Crippen molar-refractivity contribution < 1.29 is 23.1 Å². The van der Waals surface area contributed by atoms with Gasteiger partial charge in [0, 0.05) is 16.9 Å². The fraction of sp³-hybridized carbons (Fsp3) is 0.273. The molecule has 1 rings (SSSR count). The Morgan fingerprint density at radius 3 is 2.65 bits per heavy atom. The predicted molar refractivity (Wildman–Crippen MR) is 80.7 cm³/mol. The maximum Gasteiger partial charge on any atom is 0.339 e. The predicted octanol–water partition coefficient (Wildman–Crippen LogP) is 1.84. The van der Waals surface area contributed by atoms with Crippen LogP contribution in [0.15, 0.2) is 16.6 Å². The standard InChI is InChI=1S/C11H11BrClNO5S/c1-19-10-8(11(15)16)4-7(12)5-9(10)14(3-2-13)6-20(17)18/h4-6H,2-3H2,1H3,(H,15,16). The van der Waals surface area contributed by atoms with Gasteiger partial charge in [-0.3, -0.25) is 0 Å². The van der Waals surface area contributed by atoms with Crippen LogP contribution in [-0.2, 0) is 10.3 Å². The zero-order valence-corrected chi connectivity index (χ0v) is 13.5. The highest BCUT2D eigenvalue weighted by Gasteiger charge is 2.20. The summed E-state index contributed by atoms with van der Waals surface area (Å²) in [6, 6.07) is 2.93. The summed E-state index contributed by atoms with van der Waals surface area (Å²) >= 11 is 8.82. The van der Waals surface area contributed by atoms with E-state index >= 15 is 0 Å². The summed E-state index contributed by atoms with van der Waals surface area (Å²) in [4.78, 5) is 12.5. The average Bonchev–Trinajstić information content (AvgIpc) is 2.36. The van der Waals surface area contributed by atoms with E-state index in [9.17, 15) is 13.2 Å². The SMILES string of the molecule is COc1c(C(=O)O)cc(Br)cc1N(C=S(=O)=O)CCCl. The Morgan fingerprint density at radius 2 is 2.20 bits per heavy atom. The molecule has 0 aliphatic heterocycles. The minimum atomic E-state index is -2.46. The fourth-order valence-electron chi connectivity index (χ4n) is 1.59. The van der Waals surface area contributed by atoms with Gasteiger partial charge in [0.2, 0.25) is 10.3 Å². The van der Waals surface area contributed by atoms with Crippen molar-refractivity contribution in [1.29, 1.82) is 0 Å². The minimum Gasteiger partial charge on any atom is -0.494 e. The summed E-state index contributed by atoms with van der Waals surface area (Å²) in [7, 11) is -1.15. The number of hydrogen-bond donors (Lipinski definition) is 1. The van der Waals surface area contributed by atoms with Gasteiger partial charge in [0.25, 0.3) is 0 Å². The summed E-state index contributed by atoms with van der Waals surface area (Å²) in [5, 5.41) is 9.16. The maximum atomic E-state index is 11.2. The quantitative estimate of drug-likeness (QED) is 0.595. The lowest BCUT2D eigenvalue weighted by atomic mass is 10.1. The van der Waals surface area contributed by atoms with E-state index in [0.717, 1.165) is 5.49 Å². The lowest BCUT2D eigenvalue weighted by Crippen LogP contribution is -2.25. The summed E-state index contributed by atoms with van der Waals surface area (Å²) in [6.45, 7) is 0.182. The van der Waals surface area contributed by atoms with Crippen molar-refractivity contribution in [2.75, 3.05) is 24.4 Å². The van der Waals surface area contributed by atoms with Crippen molar-refractivity contribution in [3.05, 3.63) is 22.2 Å². The van der Waals surface area contributed by atoms with Crippen LogP contribution in [0.5, 0.6) is 5.75 Å². The molecular formula is C11H11BrClNO5S. The molecule has 0 saturated heterocycles. The molecule has 0 unspecified atom stereocenters. The molecule has 0 bridgehead atoms. The fourth-order valence-corrected chi connectivity index (χ4v) is 2.65. The molecular weight excluding hydrogens is 374 g/mol. The van der Waals surface area contributed by atoms with Crippen LogP contribution in [0.25, 0.3) is 0 Å². The van der Waals surface area contributed by atoms with E-state index in [4.69, 9.17) is 21.4 Å². The number of methoxy groups -OCH3 is 1. The maximum absolute atomic E-state index is 11.2. The second-order valence-electron chi connectivity index (χ2n) is 3.56. The highest BCUT2D eigenvalue weighted by atomic mass is 79.9. The van der Waals surface area contributed by atoms with Gasteiger partial charge in [0.1, 0.15) is 11.1 Å². The molecule has 0 spiro atoms. The third-order valence-electron chi connectivity index (χ3n) is 2.32. The van der Waals surface area contributed by atoms with Crippen LogP contribution in [0.3, 0.4) is 0 Å². The average molecular weight is 385 g/mol. The van der Waals surface area contributed by atoms with E-state index < -0.39 is 16.3 Å². The molecule has 9 heteroatoms. The Balaban J connectivity index is 3.55. The molecule has 0 atom stereocenters. The van der Waals surface area contributed by atoms with E-state index in [1.165, 1.54) is 18.1 Å². The zero-order chi connectivity index (χ0) is 15.3. The lowest BCUT2D eigenvalue weighted by Gasteiger charge is -2.21. The van der Waals surface area contributed by atoms with Crippen LogP contribution in [0.1, 0.15) is 10.4 Å². The van der Waals surface area contributed by atoms with Gasteiger partial charge in [-0.2, -0.15) is 8.42 Å². The van der Waals surface area contributed by atoms with Crippen molar-refractivity contribution in [2.24, 2.45) is 0 Å². The van der Waals surface area contributed by atoms with E-state index in [-0.39, 0.29) is 23.7 Å². The lowest BCUT2D eigenvalue weighted by molar-refractivity contribution is 0.0693. The van der Waals surface area contributed by atoms with Gasteiger partial charge in [-0.05, 0) is 12.1 Å². The number of anilines is 1. The third-order valence-corrected chi connectivity index (χ3v) is 3.37. The van der Waals surface area contributed by atoms with Gasteiger partial charge >= 0.3 is 5.97 Å². The van der Waals surface area contributed by atoms with Gasteiger partial charge in [-0.25, -0.2) is 4.79 Å². The topological polar surface area (TPSA) is 83.9 Å². The van der Waals surface area contributed by atoms with Gasteiger partial charge in [0.05, 0.1) is 12.8 Å². The van der Waals surface area contributed by atoms with Crippen LogP contribution >= 0.6 is 27.5 Å². The molecule has 0 saturated carbocycles. The summed E-state index contributed by atoms with van der Waals surface area (Å²) in [6.07, 6.45) is 0. The van der Waals surface area contributed by atoms with Crippen LogP contribution in [0.4, 0.5) is 5.69 Å². The first kappa shape index (κ1) is 16.8. The Morgan fingerprint density at radius 1 is 1.55 bits per heavy atom. The number of ether oxygens (including phenoxy) is 1. The van der Waals surface area contributed by atoms with Gasteiger partial charge in [0.15, 0.2) is 5.75 Å². The van der Waals surface area contributed by atoms with E-state index in [1.54, 1.807) is 6.07 Å². The first-order valence-electron chi connectivity index (χ1n) is 5.27. The van der Waals surface area contributed by atoms with Crippen molar-refractivity contribution in [2.45, 2.75) is 0 Å². The molecule has 0 fully saturated rings. The second kappa shape index (κ2) is 7.51. The molecule has 6 nitrogen and oxygen atoms in total. The van der Waals surface area contributed by atoms with Crippen LogP contribution in [-0.4, -0.2) is 44.5 Å². The first-order valence-corrected chi connectivity index (χ1v) is 7.73. The molecule has 0 aromatic heterocycles. The van der Waals surface area contributed by atoms with Crippen molar-refractivity contribution in [3.63, 3.8) is 0 Å². The number of hydrogen-bond acceptors (Lipinski definition) is 4. The van der Waals surface area contributed by atoms with E-state index in [2.05, 4.69) is 15.9 Å². The molecule has 0 radical (unpaired) electrons. The second-order valence-corrected chi connectivity index (χ2v) is 5.58. The number of carbonyl (C=O) groups is 1. The zero-order valence-electron chi connectivity index (χ0n) is 10.3. The minimum absolute atomic E-state index is 0.0625. The third kappa shape index (κ3) is 4.12. The van der Waals surface area contributed by atoms with Crippen molar-refractivity contribution in [1.82, 2.24) is 0 Å². The monoisotopic (exact) mass is 383 g/mol. The Labute approximate surface area is 130 Å². The number of carboxylic acid groups (broad SMARTS) is 1. The van der Waals surface area contributed by atoms with Gasteiger partial charge in [-0.1, -0.05) is 15.9 Å². The molecule has 0 heterocycles. The van der Waals surface area contributed by atoms with Crippen LogP contribution in [0.2, 0.25) is 0 Å². The molecule has 1 aromatic rings. The summed E-state index contributed by atoms with van der Waals surface area (Å²) < 4.78 is 27.3. The molecule has 0 aliphatic rings. The molecule has 0 amide bonds. The number of benzene rings is 1. The molecule has 20 heavy (non-hydrogen) atoms. The van der Waals surface area contributed by atoms with Crippen LogP contribution in [0, 0.1) is 0 Å². The Bertz CT molecular complexity index is 638. The largest absolute Gasteiger partial charge is 0.494 e.